The highest BCUT2D eigenvalue weighted by Gasteiger charge is 2.15. The summed E-state index contributed by atoms with van der Waals surface area (Å²) in [5.41, 5.74) is 2.78. The molecule has 1 aromatic rings. The molecule has 0 nitrogen and oxygen atoms in total. The molecule has 1 unspecified atom stereocenters. The van der Waals surface area contributed by atoms with E-state index < -0.39 is 0 Å². The van der Waals surface area contributed by atoms with Gasteiger partial charge >= 0.3 is 0 Å². The summed E-state index contributed by atoms with van der Waals surface area (Å²) in [5.74, 6) is 0. The quantitative estimate of drug-likeness (QED) is 0.632. The van der Waals surface area contributed by atoms with Crippen LogP contribution in [0.5, 0.6) is 0 Å². The van der Waals surface area contributed by atoms with Crippen LogP contribution in [-0.2, 0) is 0 Å². The monoisotopic (exact) mass is 192 g/mol. The molecule has 1 heteroatoms. The third kappa shape index (κ3) is 3.77. The lowest BCUT2D eigenvalue weighted by Crippen LogP contribution is -2.11. The van der Waals surface area contributed by atoms with E-state index in [1.165, 1.54) is 22.2 Å². The summed E-state index contributed by atoms with van der Waals surface area (Å²) in [6.45, 7) is 6.96. The zero-order chi connectivity index (χ0) is 9.90. The Kier molecular flexibility index (Phi) is 3.31. The lowest BCUT2D eigenvalue weighted by molar-refractivity contribution is 0.372. The molecule has 1 atom stereocenters. The van der Waals surface area contributed by atoms with Gasteiger partial charge < -0.3 is 0 Å². The Hall–Kier alpha value is -0.563. The van der Waals surface area contributed by atoms with Gasteiger partial charge in [-0.1, -0.05) is 51.1 Å². The molecule has 0 radical (unpaired) electrons. The highest BCUT2D eigenvalue weighted by molar-refractivity contribution is 6.12. The van der Waals surface area contributed by atoms with E-state index in [1.807, 2.05) is 0 Å². The van der Waals surface area contributed by atoms with E-state index in [0.717, 1.165) is 5.54 Å². The second-order valence-corrected chi connectivity index (χ2v) is 6.47. The predicted molar refractivity (Wildman–Crippen MR) is 63.2 cm³/mol. The van der Waals surface area contributed by atoms with Gasteiger partial charge in [0.05, 0.1) is 0 Å². The fourth-order valence-corrected chi connectivity index (χ4v) is 3.43. The maximum Gasteiger partial charge on any atom is 0.0123 e. The van der Waals surface area contributed by atoms with Crippen molar-refractivity contribution in [3.05, 3.63) is 35.9 Å². The van der Waals surface area contributed by atoms with E-state index in [-0.39, 0.29) is 0 Å². The standard InChI is InChI=1S/C12H20Si/c1-12(2,3)9-11(13)10-7-5-4-6-8-10/h4-8,11H,9H2,1-3,13H3. The molecule has 0 bridgehead atoms. The van der Waals surface area contributed by atoms with E-state index in [1.54, 1.807) is 0 Å². The molecule has 72 valence electrons. The summed E-state index contributed by atoms with van der Waals surface area (Å²) in [6.07, 6.45) is 1.31. The Morgan fingerprint density at radius 1 is 1.15 bits per heavy atom. The lowest BCUT2D eigenvalue weighted by atomic mass is 9.88. The van der Waals surface area contributed by atoms with Crippen molar-refractivity contribution in [1.29, 1.82) is 0 Å². The van der Waals surface area contributed by atoms with Crippen LogP contribution in [0.2, 0.25) is 0 Å². The highest BCUT2D eigenvalue weighted by atomic mass is 28.1. The van der Waals surface area contributed by atoms with Gasteiger partial charge in [-0.05, 0) is 22.9 Å². The third-order valence-electron chi connectivity index (χ3n) is 2.29. The van der Waals surface area contributed by atoms with Crippen molar-refractivity contribution in [2.45, 2.75) is 32.7 Å². The normalized spacial score (nSPS) is 14.4. The van der Waals surface area contributed by atoms with E-state index in [4.69, 9.17) is 0 Å². The average Bonchev–Trinajstić information content (AvgIpc) is 2.03. The van der Waals surface area contributed by atoms with Gasteiger partial charge in [0.15, 0.2) is 0 Å². The molecule has 0 heterocycles. The molecular formula is C12H20Si. The topological polar surface area (TPSA) is 0 Å². The third-order valence-corrected chi connectivity index (χ3v) is 3.36. The fraction of sp³-hybridized carbons (Fsp3) is 0.500. The number of hydrogen-bond donors (Lipinski definition) is 0. The van der Waals surface area contributed by atoms with Crippen LogP contribution in [0.25, 0.3) is 0 Å². The van der Waals surface area contributed by atoms with Crippen molar-refractivity contribution in [2.24, 2.45) is 5.41 Å². The van der Waals surface area contributed by atoms with E-state index in [0.29, 0.717) is 5.41 Å². The average molecular weight is 192 g/mol. The summed E-state index contributed by atoms with van der Waals surface area (Å²) in [5, 5.41) is 0. The molecule has 0 amide bonds. The highest BCUT2D eigenvalue weighted by Crippen LogP contribution is 2.28. The second-order valence-electron chi connectivity index (χ2n) is 5.08. The van der Waals surface area contributed by atoms with Crippen LogP contribution in [0.4, 0.5) is 0 Å². The summed E-state index contributed by atoms with van der Waals surface area (Å²) in [7, 11) is 1.26. The predicted octanol–water partition coefficient (Wildman–Crippen LogP) is 2.53. The first-order valence-electron chi connectivity index (χ1n) is 5.04. The molecule has 0 fully saturated rings. The smallest absolute Gasteiger partial charge is 0.0123 e. The van der Waals surface area contributed by atoms with Crippen LogP contribution in [0.15, 0.2) is 30.3 Å². The molecule has 0 N–H and O–H groups in total. The first-order chi connectivity index (χ1) is 5.99. The zero-order valence-corrected chi connectivity index (χ0v) is 11.2. The van der Waals surface area contributed by atoms with Gasteiger partial charge in [-0.3, -0.25) is 0 Å². The Morgan fingerprint density at radius 2 is 1.69 bits per heavy atom. The zero-order valence-electron chi connectivity index (χ0n) is 9.17. The van der Waals surface area contributed by atoms with Gasteiger partial charge in [-0.15, -0.1) is 0 Å². The minimum absolute atomic E-state index is 0.461. The van der Waals surface area contributed by atoms with Crippen LogP contribution < -0.4 is 0 Å². The molecule has 0 aromatic heterocycles. The summed E-state index contributed by atoms with van der Waals surface area (Å²) in [6, 6.07) is 10.9. The molecule has 0 aliphatic carbocycles. The number of benzene rings is 1. The Balaban J connectivity index is 2.64. The van der Waals surface area contributed by atoms with Crippen molar-refractivity contribution in [3.8, 4) is 0 Å². The van der Waals surface area contributed by atoms with Gasteiger partial charge in [-0.2, -0.15) is 0 Å². The summed E-state index contributed by atoms with van der Waals surface area (Å²) in [4.78, 5) is 0. The minimum Gasteiger partial charge on any atom is -0.0622 e. The molecule has 0 saturated carbocycles. The molecule has 1 aromatic carbocycles. The molecule has 0 aliphatic rings. The van der Waals surface area contributed by atoms with Crippen LogP contribution in [-0.4, -0.2) is 10.2 Å². The van der Waals surface area contributed by atoms with E-state index in [2.05, 4.69) is 51.1 Å². The van der Waals surface area contributed by atoms with Gasteiger partial charge in [0.1, 0.15) is 0 Å². The molecule has 0 aliphatic heterocycles. The van der Waals surface area contributed by atoms with Crippen LogP contribution >= 0.6 is 0 Å². The summed E-state index contributed by atoms with van der Waals surface area (Å²) >= 11 is 0. The van der Waals surface area contributed by atoms with Crippen molar-refractivity contribution in [1.82, 2.24) is 0 Å². The molecule has 0 spiro atoms. The Morgan fingerprint density at radius 3 is 2.15 bits per heavy atom. The number of hydrogen-bond acceptors (Lipinski definition) is 0. The van der Waals surface area contributed by atoms with Gasteiger partial charge in [0.2, 0.25) is 0 Å². The Bertz CT molecular complexity index is 246. The first kappa shape index (κ1) is 10.5. The van der Waals surface area contributed by atoms with Crippen molar-refractivity contribution < 1.29 is 0 Å². The van der Waals surface area contributed by atoms with E-state index >= 15 is 0 Å². The Labute approximate surface area is 84.8 Å². The van der Waals surface area contributed by atoms with Crippen molar-refractivity contribution in [2.75, 3.05) is 0 Å². The minimum atomic E-state index is 0.461. The van der Waals surface area contributed by atoms with Crippen LogP contribution in [0, 0.1) is 5.41 Å². The van der Waals surface area contributed by atoms with Crippen LogP contribution in [0.1, 0.15) is 38.3 Å². The number of rotatable bonds is 2. The van der Waals surface area contributed by atoms with Crippen molar-refractivity contribution in [3.63, 3.8) is 0 Å². The van der Waals surface area contributed by atoms with Gasteiger partial charge in [0, 0.05) is 10.2 Å². The second kappa shape index (κ2) is 4.10. The SMILES string of the molecule is CC(C)(C)CC([SiH3])c1ccccc1. The summed E-state index contributed by atoms with van der Waals surface area (Å²) < 4.78 is 0. The maximum atomic E-state index is 2.32. The fourth-order valence-electron chi connectivity index (χ4n) is 1.82. The van der Waals surface area contributed by atoms with Gasteiger partial charge in [-0.25, -0.2) is 0 Å². The maximum absolute atomic E-state index is 2.32. The van der Waals surface area contributed by atoms with Crippen LogP contribution in [0.3, 0.4) is 0 Å². The first-order valence-corrected chi connectivity index (χ1v) is 6.19. The lowest BCUT2D eigenvalue weighted by Gasteiger charge is -2.23. The molecular weight excluding hydrogens is 172 g/mol. The van der Waals surface area contributed by atoms with E-state index in [9.17, 15) is 0 Å². The molecule has 1 rings (SSSR count). The molecule has 13 heavy (non-hydrogen) atoms. The van der Waals surface area contributed by atoms with Crippen molar-refractivity contribution >= 4 is 10.2 Å². The largest absolute Gasteiger partial charge is 0.0622 e. The van der Waals surface area contributed by atoms with Gasteiger partial charge in [0.25, 0.3) is 0 Å². The molecule has 0 saturated heterocycles.